The summed E-state index contributed by atoms with van der Waals surface area (Å²) in [5.41, 5.74) is 3.06. The molecule has 1 amide bonds. The molecule has 1 fully saturated rings. The van der Waals surface area contributed by atoms with E-state index in [2.05, 4.69) is 10.3 Å². The highest BCUT2D eigenvalue weighted by atomic mass is 32.2. The lowest BCUT2D eigenvalue weighted by molar-refractivity contribution is -0.120. The van der Waals surface area contributed by atoms with Gasteiger partial charge in [0, 0.05) is 33.8 Å². The Balaban J connectivity index is 1.27. The maximum atomic E-state index is 13.2. The largest absolute Gasteiger partial charge is 0.493 e. The average molecular weight is 448 g/mol. The molecule has 5 rings (SSSR count). The second-order valence-electron chi connectivity index (χ2n) is 7.19. The summed E-state index contributed by atoms with van der Waals surface area (Å²) in [6, 6.07) is 9.23. The van der Waals surface area contributed by atoms with Crippen LogP contribution in [-0.4, -0.2) is 43.3 Å². The van der Waals surface area contributed by atoms with Gasteiger partial charge in [-0.1, -0.05) is 0 Å². The summed E-state index contributed by atoms with van der Waals surface area (Å²) in [6.45, 7) is -2.30. The van der Waals surface area contributed by atoms with Crippen LogP contribution in [0.2, 0.25) is 0 Å². The third kappa shape index (κ3) is 3.57. The van der Waals surface area contributed by atoms with Gasteiger partial charge in [0.1, 0.15) is 5.75 Å². The van der Waals surface area contributed by atoms with E-state index in [1.807, 2.05) is 18.2 Å². The number of amides is 1. The lowest BCUT2D eigenvalue weighted by Gasteiger charge is -2.30. The van der Waals surface area contributed by atoms with E-state index in [1.165, 1.54) is 27.8 Å². The lowest BCUT2D eigenvalue weighted by atomic mass is 9.97. The molecular formula is C21H21N3O4S2. The molecule has 3 aromatic rings. The molecule has 0 spiro atoms. The van der Waals surface area contributed by atoms with Gasteiger partial charge in [-0.3, -0.25) is 4.79 Å². The Bertz CT molecular complexity index is 1390. The highest BCUT2D eigenvalue weighted by Crippen LogP contribution is 2.31. The SMILES string of the molecule is [2H]C1([2H])Oc2ccc(S(=O)(=O)N3CCC(C(=O)Nc4ccc5scnc5c4)CC3)cc2C1([2H])[2H]. The van der Waals surface area contributed by atoms with Gasteiger partial charge < -0.3 is 10.1 Å². The summed E-state index contributed by atoms with van der Waals surface area (Å²) in [5, 5.41) is 2.89. The molecule has 2 aliphatic heterocycles. The maximum absolute atomic E-state index is 13.2. The van der Waals surface area contributed by atoms with Crippen molar-refractivity contribution in [2.75, 3.05) is 25.0 Å². The number of piperidine rings is 1. The molecule has 30 heavy (non-hydrogen) atoms. The molecule has 1 N–H and O–H groups in total. The number of fused-ring (bicyclic) bond motifs is 2. The first kappa shape index (κ1) is 15.3. The lowest BCUT2D eigenvalue weighted by Crippen LogP contribution is -2.41. The Hall–Kier alpha value is -2.49. The number of sulfonamides is 1. The van der Waals surface area contributed by atoms with E-state index in [9.17, 15) is 13.2 Å². The Morgan fingerprint density at radius 1 is 1.23 bits per heavy atom. The van der Waals surface area contributed by atoms with Gasteiger partial charge in [-0.2, -0.15) is 4.31 Å². The second kappa shape index (κ2) is 7.64. The minimum absolute atomic E-state index is 0.0137. The van der Waals surface area contributed by atoms with Crippen LogP contribution < -0.4 is 10.1 Å². The number of nitrogens with zero attached hydrogens (tertiary/aromatic N) is 2. The standard InChI is InChI=1S/C21H21N3O4S2/c25-21(23-16-1-4-20-18(12-16)22-13-29-20)14-5-8-24(9-6-14)30(26,27)17-2-3-19-15(11-17)7-10-28-19/h1-4,11-14H,5-10H2,(H,23,25)/i7D2,10D2. The Labute approximate surface area is 184 Å². The van der Waals surface area contributed by atoms with Crippen molar-refractivity contribution in [2.45, 2.75) is 24.1 Å². The van der Waals surface area contributed by atoms with Gasteiger partial charge in [0.2, 0.25) is 15.9 Å². The van der Waals surface area contributed by atoms with E-state index in [0.29, 0.717) is 18.5 Å². The molecule has 9 heteroatoms. The number of aryl methyl sites for hydroxylation is 1. The van der Waals surface area contributed by atoms with Crippen LogP contribution in [0.1, 0.15) is 23.9 Å². The van der Waals surface area contributed by atoms with Crippen molar-refractivity contribution in [1.82, 2.24) is 9.29 Å². The number of hydrogen-bond donors (Lipinski definition) is 1. The van der Waals surface area contributed by atoms with Gasteiger partial charge in [-0.05, 0) is 54.8 Å². The molecule has 0 saturated carbocycles. The molecule has 2 aliphatic rings. The average Bonchev–Trinajstić information content (AvgIpc) is 3.33. The van der Waals surface area contributed by atoms with Crippen molar-refractivity contribution in [1.29, 1.82) is 0 Å². The number of hydrogen-bond acceptors (Lipinski definition) is 6. The third-order valence-corrected chi connectivity index (χ3v) is 8.06. The van der Waals surface area contributed by atoms with Crippen LogP contribution in [0.3, 0.4) is 0 Å². The number of aromatic nitrogens is 1. The molecule has 0 unspecified atom stereocenters. The van der Waals surface area contributed by atoms with Crippen molar-refractivity contribution in [2.24, 2.45) is 5.92 Å². The third-order valence-electron chi connectivity index (χ3n) is 5.36. The van der Waals surface area contributed by atoms with Crippen LogP contribution in [0.4, 0.5) is 5.69 Å². The Morgan fingerprint density at radius 2 is 2.07 bits per heavy atom. The number of ether oxygens (including phenoxy) is 1. The molecule has 0 bridgehead atoms. The fraction of sp³-hybridized carbons (Fsp3) is 0.333. The van der Waals surface area contributed by atoms with Gasteiger partial charge in [0.05, 0.1) is 29.9 Å². The topological polar surface area (TPSA) is 88.6 Å². The molecule has 1 aromatic heterocycles. The first-order valence-corrected chi connectivity index (χ1v) is 11.8. The summed E-state index contributed by atoms with van der Waals surface area (Å²) in [5.74, 6) is -0.524. The Kier molecular flexibility index (Phi) is 3.91. The number of nitrogens with one attached hydrogen (secondary N) is 1. The van der Waals surface area contributed by atoms with Crippen LogP contribution in [0.5, 0.6) is 5.75 Å². The van der Waals surface area contributed by atoms with Crippen molar-refractivity contribution in [3.05, 3.63) is 47.5 Å². The normalized spacial score (nSPS) is 22.9. The summed E-state index contributed by atoms with van der Waals surface area (Å²) in [6.07, 6.45) is -1.79. The highest BCUT2D eigenvalue weighted by molar-refractivity contribution is 7.89. The molecular weight excluding hydrogens is 422 g/mol. The molecule has 0 radical (unpaired) electrons. The number of thiazole rings is 1. The molecule has 1 saturated heterocycles. The van der Waals surface area contributed by atoms with Crippen LogP contribution in [0.25, 0.3) is 10.2 Å². The monoisotopic (exact) mass is 447 g/mol. The van der Waals surface area contributed by atoms with E-state index in [0.717, 1.165) is 16.3 Å². The maximum Gasteiger partial charge on any atom is 0.243 e. The smallest absolute Gasteiger partial charge is 0.243 e. The first-order chi connectivity index (χ1) is 16.0. The van der Waals surface area contributed by atoms with Crippen molar-refractivity contribution in [3.8, 4) is 5.75 Å². The van der Waals surface area contributed by atoms with E-state index >= 15 is 0 Å². The van der Waals surface area contributed by atoms with E-state index in [-0.39, 0.29) is 41.1 Å². The Morgan fingerprint density at radius 3 is 2.90 bits per heavy atom. The van der Waals surface area contributed by atoms with Crippen LogP contribution >= 0.6 is 11.3 Å². The summed E-state index contributed by atoms with van der Waals surface area (Å²) >= 11 is 1.52. The van der Waals surface area contributed by atoms with E-state index in [1.54, 1.807) is 5.51 Å². The number of carbonyl (C=O) groups excluding carboxylic acids is 1. The summed E-state index contributed by atoms with van der Waals surface area (Å²) < 4.78 is 65.2. The predicted octanol–water partition coefficient (Wildman–Crippen LogP) is 3.27. The van der Waals surface area contributed by atoms with Gasteiger partial charge in [0.15, 0.2) is 0 Å². The summed E-state index contributed by atoms with van der Waals surface area (Å²) in [7, 11) is -3.95. The van der Waals surface area contributed by atoms with E-state index in [4.69, 9.17) is 10.2 Å². The second-order valence-corrected chi connectivity index (χ2v) is 10.0. The zero-order valence-corrected chi connectivity index (χ0v) is 17.4. The zero-order chi connectivity index (χ0) is 24.3. The summed E-state index contributed by atoms with van der Waals surface area (Å²) in [4.78, 5) is 16.9. The van der Waals surface area contributed by atoms with Gasteiger partial charge in [-0.25, -0.2) is 13.4 Å². The molecule has 0 atom stereocenters. The number of benzene rings is 2. The van der Waals surface area contributed by atoms with Gasteiger partial charge in [0.25, 0.3) is 0 Å². The fourth-order valence-electron chi connectivity index (χ4n) is 3.68. The first-order valence-electron chi connectivity index (χ1n) is 11.5. The van der Waals surface area contributed by atoms with Crippen molar-refractivity contribution < 1.29 is 23.4 Å². The number of rotatable bonds is 4. The number of carbonyl (C=O) groups is 1. The minimum atomic E-state index is -3.95. The zero-order valence-electron chi connectivity index (χ0n) is 19.8. The molecule has 0 aliphatic carbocycles. The van der Waals surface area contributed by atoms with Crippen LogP contribution in [0.15, 0.2) is 46.8 Å². The molecule has 7 nitrogen and oxygen atoms in total. The minimum Gasteiger partial charge on any atom is -0.493 e. The number of anilines is 1. The highest BCUT2D eigenvalue weighted by Gasteiger charge is 2.32. The van der Waals surface area contributed by atoms with Crippen molar-refractivity contribution >= 4 is 43.2 Å². The molecule has 156 valence electrons. The van der Waals surface area contributed by atoms with E-state index < -0.39 is 23.0 Å². The van der Waals surface area contributed by atoms with Crippen LogP contribution in [-0.2, 0) is 21.2 Å². The van der Waals surface area contributed by atoms with Crippen LogP contribution in [0, 0.1) is 5.92 Å². The van der Waals surface area contributed by atoms with Gasteiger partial charge >= 0.3 is 0 Å². The van der Waals surface area contributed by atoms with Gasteiger partial charge in [-0.15, -0.1) is 11.3 Å². The predicted molar refractivity (Wildman–Crippen MR) is 115 cm³/mol. The molecule has 3 heterocycles. The van der Waals surface area contributed by atoms with Crippen molar-refractivity contribution in [3.63, 3.8) is 0 Å². The molecule has 2 aromatic carbocycles. The fourth-order valence-corrected chi connectivity index (χ4v) is 5.83. The quantitative estimate of drug-likeness (QED) is 0.663.